The van der Waals surface area contributed by atoms with Crippen LogP contribution < -0.4 is 16.3 Å². The van der Waals surface area contributed by atoms with Crippen LogP contribution in [0.5, 0.6) is 0 Å². The van der Waals surface area contributed by atoms with Crippen molar-refractivity contribution in [3.63, 3.8) is 0 Å². The van der Waals surface area contributed by atoms with Crippen LogP contribution in [0.25, 0.3) is 22.1 Å². The number of carbonyl (C=O) groups is 2. The maximum Gasteiger partial charge on any atom is 0.344 e. The van der Waals surface area contributed by atoms with Gasteiger partial charge in [0.15, 0.2) is 0 Å². The van der Waals surface area contributed by atoms with Gasteiger partial charge in [-0.2, -0.15) is 0 Å². The zero-order valence-corrected chi connectivity index (χ0v) is 17.9. The molecule has 1 heterocycles. The van der Waals surface area contributed by atoms with Crippen molar-refractivity contribution in [2.45, 2.75) is 13.3 Å². The highest BCUT2D eigenvalue weighted by Crippen LogP contribution is 2.27. The summed E-state index contributed by atoms with van der Waals surface area (Å²) in [4.78, 5) is 36.7. The smallest absolute Gasteiger partial charge is 0.344 e. The molecule has 2 amide bonds. The van der Waals surface area contributed by atoms with Crippen LogP contribution in [-0.4, -0.2) is 11.8 Å². The van der Waals surface area contributed by atoms with Crippen molar-refractivity contribution in [1.29, 1.82) is 0 Å². The van der Waals surface area contributed by atoms with Crippen LogP contribution in [-0.2, 0) is 4.79 Å². The summed E-state index contributed by atoms with van der Waals surface area (Å²) in [5.74, 6) is -0.513. The van der Waals surface area contributed by atoms with E-state index in [2.05, 4.69) is 10.6 Å². The van der Waals surface area contributed by atoms with Gasteiger partial charge in [0, 0.05) is 23.1 Å². The van der Waals surface area contributed by atoms with Gasteiger partial charge in [0.05, 0.1) is 16.3 Å². The molecule has 1 aromatic heterocycles. The number of nitrogens with one attached hydrogen (secondary N) is 2. The maximum absolute atomic E-state index is 12.7. The number of rotatable bonds is 5. The molecule has 4 rings (SSSR count). The maximum atomic E-state index is 12.7. The molecule has 0 aliphatic rings. The molecular weight excluding hydrogens is 428 g/mol. The largest absolute Gasteiger partial charge is 0.422 e. The Hall–Kier alpha value is -3.90. The van der Waals surface area contributed by atoms with Crippen LogP contribution in [0, 0.1) is 0 Å². The Morgan fingerprint density at radius 3 is 2.44 bits per heavy atom. The van der Waals surface area contributed by atoms with Gasteiger partial charge in [0.1, 0.15) is 5.58 Å². The number of halogens is 1. The lowest BCUT2D eigenvalue weighted by Gasteiger charge is -2.11. The van der Waals surface area contributed by atoms with E-state index in [0.29, 0.717) is 45.1 Å². The highest BCUT2D eigenvalue weighted by molar-refractivity contribution is 6.34. The summed E-state index contributed by atoms with van der Waals surface area (Å²) in [6.45, 7) is 1.75. The lowest BCUT2D eigenvalue weighted by molar-refractivity contribution is -0.115. The Balaban J connectivity index is 1.56. The second-order valence-corrected chi connectivity index (χ2v) is 7.52. The van der Waals surface area contributed by atoms with Crippen molar-refractivity contribution in [2.24, 2.45) is 0 Å². The Morgan fingerprint density at radius 1 is 0.938 bits per heavy atom. The topological polar surface area (TPSA) is 88.4 Å². The van der Waals surface area contributed by atoms with Gasteiger partial charge >= 0.3 is 5.63 Å². The van der Waals surface area contributed by atoms with Crippen molar-refractivity contribution in [2.75, 3.05) is 10.6 Å². The third-order valence-corrected chi connectivity index (χ3v) is 5.25. The van der Waals surface area contributed by atoms with Crippen molar-refractivity contribution in [1.82, 2.24) is 0 Å². The van der Waals surface area contributed by atoms with E-state index in [1.165, 1.54) is 0 Å². The first kappa shape index (κ1) is 21.3. The number of carbonyl (C=O) groups excluding carboxylic acids is 2. The van der Waals surface area contributed by atoms with E-state index in [9.17, 15) is 14.4 Å². The predicted molar refractivity (Wildman–Crippen MR) is 126 cm³/mol. The first-order valence-electron chi connectivity index (χ1n) is 9.98. The van der Waals surface area contributed by atoms with Gasteiger partial charge in [0.25, 0.3) is 5.91 Å². The zero-order valence-electron chi connectivity index (χ0n) is 17.1. The minimum absolute atomic E-state index is 0.140. The minimum atomic E-state index is -0.446. The first-order valence-corrected chi connectivity index (χ1v) is 10.4. The number of anilines is 2. The Bertz CT molecular complexity index is 1380. The molecule has 6 nitrogen and oxygen atoms in total. The number of amides is 2. The molecule has 4 aromatic rings. The number of benzene rings is 3. The van der Waals surface area contributed by atoms with Gasteiger partial charge in [-0.3, -0.25) is 9.59 Å². The quantitative estimate of drug-likeness (QED) is 0.384. The van der Waals surface area contributed by atoms with Gasteiger partial charge < -0.3 is 15.1 Å². The third-order valence-electron chi connectivity index (χ3n) is 4.92. The fraction of sp³-hybridized carbons (Fsp3) is 0.0800. The highest BCUT2D eigenvalue weighted by Gasteiger charge is 2.12. The molecule has 0 atom stereocenters. The molecule has 2 N–H and O–H groups in total. The average molecular weight is 447 g/mol. The van der Waals surface area contributed by atoms with E-state index in [0.717, 1.165) is 5.39 Å². The standard InChI is InChI=1S/C25H19ClN2O4/c1-2-23(29)27-18-11-12-20(26)21(14-18)28-24(30)16-9-7-15(8-10-16)19-13-17-5-3-4-6-22(17)32-25(19)31/h3-14H,2H2,1H3,(H,27,29)(H,28,30). The van der Waals surface area contributed by atoms with Crippen LogP contribution >= 0.6 is 11.6 Å². The lowest BCUT2D eigenvalue weighted by Crippen LogP contribution is -2.13. The van der Waals surface area contributed by atoms with Crippen LogP contribution in [0.15, 0.2) is 82.0 Å². The second-order valence-electron chi connectivity index (χ2n) is 7.11. The SMILES string of the molecule is CCC(=O)Nc1ccc(Cl)c(NC(=O)c2ccc(-c3cc4ccccc4oc3=O)cc2)c1. The molecule has 0 radical (unpaired) electrons. The molecule has 0 spiro atoms. The second kappa shape index (κ2) is 9.08. The van der Waals surface area contributed by atoms with E-state index >= 15 is 0 Å². The van der Waals surface area contributed by atoms with Crippen LogP contribution in [0.1, 0.15) is 23.7 Å². The third kappa shape index (κ3) is 4.55. The highest BCUT2D eigenvalue weighted by atomic mass is 35.5. The van der Waals surface area contributed by atoms with Crippen molar-refractivity contribution in [3.8, 4) is 11.1 Å². The molecule has 0 aliphatic carbocycles. The van der Waals surface area contributed by atoms with Crippen molar-refractivity contribution >= 4 is 45.8 Å². The summed E-state index contributed by atoms with van der Waals surface area (Å²) in [5.41, 5.74) is 2.43. The van der Waals surface area contributed by atoms with E-state index in [-0.39, 0.29) is 11.8 Å². The molecular formula is C25H19ClN2O4. The Kier molecular flexibility index (Phi) is 6.05. The lowest BCUT2D eigenvalue weighted by atomic mass is 10.0. The molecule has 7 heteroatoms. The number of para-hydroxylation sites is 1. The van der Waals surface area contributed by atoms with Crippen LogP contribution in [0.2, 0.25) is 5.02 Å². The normalized spacial score (nSPS) is 10.7. The molecule has 0 aliphatic heterocycles. The zero-order chi connectivity index (χ0) is 22.7. The Labute approximate surface area is 188 Å². The minimum Gasteiger partial charge on any atom is -0.422 e. The molecule has 0 fully saturated rings. The van der Waals surface area contributed by atoms with Gasteiger partial charge in [-0.1, -0.05) is 48.9 Å². The van der Waals surface area contributed by atoms with Crippen molar-refractivity contribution < 1.29 is 14.0 Å². The van der Waals surface area contributed by atoms with Crippen LogP contribution in [0.3, 0.4) is 0 Å². The summed E-state index contributed by atoms with van der Waals surface area (Å²) in [7, 11) is 0. The summed E-state index contributed by atoms with van der Waals surface area (Å²) < 4.78 is 5.38. The van der Waals surface area contributed by atoms with Gasteiger partial charge in [0.2, 0.25) is 5.91 Å². The Morgan fingerprint density at radius 2 is 1.69 bits per heavy atom. The number of hydrogen-bond acceptors (Lipinski definition) is 4. The van der Waals surface area contributed by atoms with E-state index < -0.39 is 5.63 Å². The molecule has 160 valence electrons. The molecule has 0 saturated heterocycles. The number of fused-ring (bicyclic) bond motifs is 1. The molecule has 3 aromatic carbocycles. The molecule has 32 heavy (non-hydrogen) atoms. The summed E-state index contributed by atoms with van der Waals surface area (Å²) >= 11 is 6.20. The molecule has 0 bridgehead atoms. The van der Waals surface area contributed by atoms with E-state index in [1.54, 1.807) is 67.6 Å². The fourth-order valence-electron chi connectivity index (χ4n) is 3.21. The summed E-state index contributed by atoms with van der Waals surface area (Å²) in [6, 6.07) is 20.5. The summed E-state index contributed by atoms with van der Waals surface area (Å²) in [6.07, 6.45) is 0.340. The number of hydrogen-bond donors (Lipinski definition) is 2. The first-order chi connectivity index (χ1) is 15.4. The van der Waals surface area contributed by atoms with Gasteiger partial charge in [-0.15, -0.1) is 0 Å². The van der Waals surface area contributed by atoms with Gasteiger partial charge in [-0.05, 0) is 48.0 Å². The van der Waals surface area contributed by atoms with E-state index in [4.69, 9.17) is 16.0 Å². The molecule has 0 saturated carbocycles. The fourth-order valence-corrected chi connectivity index (χ4v) is 3.37. The predicted octanol–water partition coefficient (Wildman–Crippen LogP) is 5.71. The molecule has 0 unspecified atom stereocenters. The average Bonchev–Trinajstić information content (AvgIpc) is 2.80. The van der Waals surface area contributed by atoms with E-state index in [1.807, 2.05) is 12.1 Å². The summed E-state index contributed by atoms with van der Waals surface area (Å²) in [5, 5.41) is 6.64. The van der Waals surface area contributed by atoms with Crippen LogP contribution in [0.4, 0.5) is 11.4 Å². The monoisotopic (exact) mass is 446 g/mol. The van der Waals surface area contributed by atoms with Gasteiger partial charge in [-0.25, -0.2) is 4.79 Å². The van der Waals surface area contributed by atoms with Crippen molar-refractivity contribution in [3.05, 3.63) is 93.8 Å².